The summed E-state index contributed by atoms with van der Waals surface area (Å²) in [6, 6.07) is 6.80. The van der Waals surface area contributed by atoms with Crippen molar-refractivity contribution in [3.8, 4) is 0 Å². The highest BCUT2D eigenvalue weighted by molar-refractivity contribution is 6.02. The maximum atomic E-state index is 12.1. The van der Waals surface area contributed by atoms with Crippen LogP contribution >= 0.6 is 0 Å². The molecule has 1 N–H and O–H groups in total. The normalized spacial score (nSPS) is 10.7. The van der Waals surface area contributed by atoms with Crippen LogP contribution in [0.2, 0.25) is 0 Å². The molecule has 0 fully saturated rings. The van der Waals surface area contributed by atoms with Gasteiger partial charge in [-0.1, -0.05) is 0 Å². The van der Waals surface area contributed by atoms with Gasteiger partial charge in [0.1, 0.15) is 12.0 Å². The first-order chi connectivity index (χ1) is 10.2. The van der Waals surface area contributed by atoms with Crippen LogP contribution in [0.25, 0.3) is 11.0 Å². The number of aromatic amines is 1. The van der Waals surface area contributed by atoms with Gasteiger partial charge in [-0.15, -0.1) is 0 Å². The van der Waals surface area contributed by atoms with E-state index in [4.69, 9.17) is 0 Å². The minimum absolute atomic E-state index is 0.0751. The molecule has 104 valence electrons. The zero-order chi connectivity index (χ0) is 14.7. The highest BCUT2D eigenvalue weighted by Crippen LogP contribution is 2.14. The molecule has 6 heteroatoms. The van der Waals surface area contributed by atoms with Gasteiger partial charge in [0, 0.05) is 24.6 Å². The summed E-state index contributed by atoms with van der Waals surface area (Å²) in [5.74, 6) is -0.234. The molecule has 0 radical (unpaired) electrons. The first-order valence-electron chi connectivity index (χ1n) is 6.49. The van der Waals surface area contributed by atoms with E-state index in [9.17, 15) is 9.59 Å². The van der Waals surface area contributed by atoms with Crippen molar-refractivity contribution in [2.24, 2.45) is 0 Å². The molecule has 0 aliphatic rings. The summed E-state index contributed by atoms with van der Waals surface area (Å²) in [4.78, 5) is 38.7. The van der Waals surface area contributed by atoms with Gasteiger partial charge in [0.15, 0.2) is 11.6 Å². The number of imidazole rings is 1. The minimum Gasteiger partial charge on any atom is -0.345 e. The second-order valence-corrected chi connectivity index (χ2v) is 4.58. The lowest BCUT2D eigenvalue weighted by Gasteiger charge is -2.01. The Hall–Kier alpha value is -2.89. The molecule has 6 nitrogen and oxygen atoms in total. The molecule has 2 heterocycles. The Morgan fingerprint density at radius 3 is 2.71 bits per heavy atom. The molecule has 0 bridgehead atoms. The maximum Gasteiger partial charge on any atom is 0.181 e. The molecule has 0 amide bonds. The Labute approximate surface area is 120 Å². The third-order valence-corrected chi connectivity index (χ3v) is 3.19. The number of Topliss-reactive ketones (excluding diaryl/α,β-unsaturated/α-hetero) is 2. The van der Waals surface area contributed by atoms with Gasteiger partial charge < -0.3 is 4.98 Å². The molecule has 1 aromatic carbocycles. The Kier molecular flexibility index (Phi) is 3.51. The van der Waals surface area contributed by atoms with Gasteiger partial charge in [0.05, 0.1) is 17.4 Å². The number of nitrogens with zero attached hydrogens (tertiary/aromatic N) is 3. The number of rotatable bonds is 5. The molecule has 0 aliphatic heterocycles. The molecule has 0 atom stereocenters. The van der Waals surface area contributed by atoms with E-state index in [0.717, 1.165) is 11.0 Å². The third kappa shape index (κ3) is 2.84. The van der Waals surface area contributed by atoms with Gasteiger partial charge in [-0.3, -0.25) is 9.59 Å². The van der Waals surface area contributed by atoms with Crippen LogP contribution < -0.4 is 0 Å². The van der Waals surface area contributed by atoms with Gasteiger partial charge in [-0.25, -0.2) is 15.0 Å². The number of ketones is 2. The van der Waals surface area contributed by atoms with Crippen molar-refractivity contribution in [1.82, 2.24) is 19.9 Å². The van der Waals surface area contributed by atoms with Crippen molar-refractivity contribution in [3.05, 3.63) is 54.4 Å². The number of carbonyl (C=O) groups excluding carboxylic acids is 2. The van der Waals surface area contributed by atoms with Crippen LogP contribution in [0.4, 0.5) is 0 Å². The number of hydrogen-bond donors (Lipinski definition) is 1. The molecule has 2 aromatic heterocycles. The summed E-state index contributed by atoms with van der Waals surface area (Å²) in [6.45, 7) is 0. The SMILES string of the molecule is O=C(CCC(=O)c1ccncn1)c1ccc2nc[nH]c2c1. The second-order valence-electron chi connectivity index (χ2n) is 4.58. The highest BCUT2D eigenvalue weighted by Gasteiger charge is 2.12. The summed E-state index contributed by atoms with van der Waals surface area (Å²) in [7, 11) is 0. The van der Waals surface area contributed by atoms with E-state index in [-0.39, 0.29) is 24.4 Å². The molecule has 0 unspecified atom stereocenters. The standard InChI is InChI=1S/C15H12N4O2/c20-14(3-4-15(21)12-5-6-16-8-17-12)10-1-2-11-13(7-10)19-9-18-11/h1-2,5-9H,3-4H2,(H,18,19). The molecule has 21 heavy (non-hydrogen) atoms. The number of fused-ring (bicyclic) bond motifs is 1. The number of hydrogen-bond acceptors (Lipinski definition) is 5. The molecule has 0 spiro atoms. The molecule has 0 aliphatic carbocycles. The number of benzene rings is 1. The lowest BCUT2D eigenvalue weighted by molar-refractivity contribution is 0.0915. The van der Waals surface area contributed by atoms with Gasteiger partial charge >= 0.3 is 0 Å². The molecule has 0 saturated carbocycles. The van der Waals surface area contributed by atoms with Gasteiger partial charge in [0.25, 0.3) is 0 Å². The average Bonchev–Trinajstić information content (AvgIpc) is 3.00. The molecular formula is C15H12N4O2. The fourth-order valence-electron chi connectivity index (χ4n) is 2.06. The van der Waals surface area contributed by atoms with Crippen molar-refractivity contribution in [2.45, 2.75) is 12.8 Å². The van der Waals surface area contributed by atoms with Crippen LogP contribution in [0, 0.1) is 0 Å². The Bertz CT molecular complexity index is 796. The smallest absolute Gasteiger partial charge is 0.181 e. The Morgan fingerprint density at radius 2 is 1.90 bits per heavy atom. The molecule has 3 aromatic rings. The Balaban J connectivity index is 1.67. The first-order valence-corrected chi connectivity index (χ1v) is 6.49. The minimum atomic E-state index is -0.159. The number of nitrogens with one attached hydrogen (secondary N) is 1. The quantitative estimate of drug-likeness (QED) is 0.724. The van der Waals surface area contributed by atoms with E-state index < -0.39 is 0 Å². The van der Waals surface area contributed by atoms with Crippen LogP contribution in [0.3, 0.4) is 0 Å². The van der Waals surface area contributed by atoms with E-state index in [0.29, 0.717) is 11.3 Å². The van der Waals surface area contributed by atoms with Gasteiger partial charge in [-0.05, 0) is 24.3 Å². The number of aromatic nitrogens is 4. The third-order valence-electron chi connectivity index (χ3n) is 3.19. The highest BCUT2D eigenvalue weighted by atomic mass is 16.1. The summed E-state index contributed by atoms with van der Waals surface area (Å²) in [5, 5.41) is 0. The van der Waals surface area contributed by atoms with E-state index in [2.05, 4.69) is 19.9 Å². The zero-order valence-electron chi connectivity index (χ0n) is 11.1. The zero-order valence-corrected chi connectivity index (χ0v) is 11.1. The lowest BCUT2D eigenvalue weighted by Crippen LogP contribution is -2.06. The van der Waals surface area contributed by atoms with Crippen molar-refractivity contribution in [1.29, 1.82) is 0 Å². The summed E-state index contributed by atoms with van der Waals surface area (Å²) in [6.07, 6.45) is 4.70. The summed E-state index contributed by atoms with van der Waals surface area (Å²) < 4.78 is 0. The van der Waals surface area contributed by atoms with Crippen LogP contribution in [-0.2, 0) is 0 Å². The van der Waals surface area contributed by atoms with E-state index in [1.54, 1.807) is 30.6 Å². The first kappa shape index (κ1) is 13.1. The van der Waals surface area contributed by atoms with Crippen molar-refractivity contribution in [3.63, 3.8) is 0 Å². The maximum absolute atomic E-state index is 12.1. The van der Waals surface area contributed by atoms with Crippen LogP contribution in [0.5, 0.6) is 0 Å². The predicted octanol–water partition coefficient (Wildman–Crippen LogP) is 2.20. The van der Waals surface area contributed by atoms with Gasteiger partial charge in [0.2, 0.25) is 0 Å². The van der Waals surface area contributed by atoms with Crippen LogP contribution in [-0.4, -0.2) is 31.5 Å². The lowest BCUT2D eigenvalue weighted by atomic mass is 10.0. The largest absolute Gasteiger partial charge is 0.345 e. The molecular weight excluding hydrogens is 268 g/mol. The Morgan fingerprint density at radius 1 is 1.05 bits per heavy atom. The molecule has 3 rings (SSSR count). The summed E-state index contributed by atoms with van der Waals surface area (Å²) >= 11 is 0. The predicted molar refractivity (Wildman–Crippen MR) is 76.0 cm³/mol. The number of H-pyrrole nitrogens is 1. The van der Waals surface area contributed by atoms with Crippen molar-refractivity contribution >= 4 is 22.6 Å². The molecule has 0 saturated heterocycles. The number of carbonyl (C=O) groups is 2. The van der Waals surface area contributed by atoms with E-state index in [1.807, 2.05) is 0 Å². The second kappa shape index (κ2) is 5.62. The van der Waals surface area contributed by atoms with Crippen LogP contribution in [0.15, 0.2) is 43.1 Å². The summed E-state index contributed by atoms with van der Waals surface area (Å²) in [5.41, 5.74) is 2.52. The van der Waals surface area contributed by atoms with E-state index >= 15 is 0 Å². The average molecular weight is 280 g/mol. The van der Waals surface area contributed by atoms with E-state index in [1.165, 1.54) is 12.5 Å². The van der Waals surface area contributed by atoms with Crippen molar-refractivity contribution < 1.29 is 9.59 Å². The van der Waals surface area contributed by atoms with Crippen molar-refractivity contribution in [2.75, 3.05) is 0 Å². The topological polar surface area (TPSA) is 88.6 Å². The fraction of sp³-hybridized carbons (Fsp3) is 0.133. The monoisotopic (exact) mass is 280 g/mol. The fourth-order valence-corrected chi connectivity index (χ4v) is 2.06. The van der Waals surface area contributed by atoms with Crippen LogP contribution in [0.1, 0.15) is 33.7 Å². The van der Waals surface area contributed by atoms with Gasteiger partial charge in [-0.2, -0.15) is 0 Å².